The molecule has 4 aromatic rings. The van der Waals surface area contributed by atoms with E-state index in [1.807, 2.05) is 0 Å². The van der Waals surface area contributed by atoms with Gasteiger partial charge in [0.05, 0.1) is 13.1 Å². The van der Waals surface area contributed by atoms with Crippen molar-refractivity contribution in [2.75, 3.05) is 39.3 Å². The van der Waals surface area contributed by atoms with Gasteiger partial charge in [-0.05, 0) is 51.0 Å². The van der Waals surface area contributed by atoms with Crippen molar-refractivity contribution in [3.63, 3.8) is 0 Å². The van der Waals surface area contributed by atoms with Gasteiger partial charge >= 0.3 is 0 Å². The lowest BCUT2D eigenvalue weighted by molar-refractivity contribution is -1.01. The molecule has 1 aliphatic rings. The summed E-state index contributed by atoms with van der Waals surface area (Å²) in [5, 5.41) is 24.5. The van der Waals surface area contributed by atoms with Crippen LogP contribution >= 0.6 is 0 Å². The predicted molar refractivity (Wildman–Crippen MR) is 146 cm³/mol. The van der Waals surface area contributed by atoms with E-state index >= 15 is 0 Å². The maximum absolute atomic E-state index is 10.9. The highest BCUT2D eigenvalue weighted by molar-refractivity contribution is 5.86. The van der Waals surface area contributed by atoms with Gasteiger partial charge < -0.3 is 29.1 Å². The van der Waals surface area contributed by atoms with Crippen molar-refractivity contribution < 1.29 is 20.0 Å². The van der Waals surface area contributed by atoms with Gasteiger partial charge in [-0.15, -0.1) is 0 Å². The number of aliphatic hydroxyl groups excluding tert-OH is 2. The molecule has 2 aromatic carbocycles. The SMILES string of the molecule is Cc1c(C)n(C[C@@H](O)C[NH+]2CC[NH+](C[C@H](O)Cn3c(C)c(C)c4ccccc43)CC2)c2ccccc12. The molecule has 192 valence electrons. The molecule has 0 saturated carbocycles. The molecule has 0 spiro atoms. The van der Waals surface area contributed by atoms with Crippen molar-refractivity contribution in [2.24, 2.45) is 0 Å². The molecule has 3 heterocycles. The van der Waals surface area contributed by atoms with Crippen LogP contribution in [0.25, 0.3) is 21.8 Å². The Labute approximate surface area is 214 Å². The predicted octanol–water partition coefficient (Wildman–Crippen LogP) is 1.04. The number of nitrogens with zero attached hydrogens (tertiary/aromatic N) is 2. The maximum atomic E-state index is 10.9. The topological polar surface area (TPSA) is 59.2 Å². The number of aryl methyl sites for hydroxylation is 2. The smallest absolute Gasteiger partial charge is 0.127 e. The van der Waals surface area contributed by atoms with Gasteiger partial charge in [-0.1, -0.05) is 36.4 Å². The second kappa shape index (κ2) is 10.4. The number of nitrogens with one attached hydrogen (secondary N) is 2. The largest absolute Gasteiger partial charge is 0.385 e. The van der Waals surface area contributed by atoms with Crippen LogP contribution in [-0.4, -0.2) is 70.8 Å². The van der Waals surface area contributed by atoms with Crippen molar-refractivity contribution in [3.05, 3.63) is 71.0 Å². The molecule has 0 radical (unpaired) electrons. The third-order valence-electron chi connectivity index (χ3n) is 8.59. The number of aliphatic hydroxyl groups is 2. The fourth-order valence-electron chi connectivity index (χ4n) is 6.26. The summed E-state index contributed by atoms with van der Waals surface area (Å²) in [6.07, 6.45) is -0.733. The van der Waals surface area contributed by atoms with Gasteiger partial charge in [-0.25, -0.2) is 0 Å². The summed E-state index contributed by atoms with van der Waals surface area (Å²) in [5.41, 5.74) is 7.53. The molecule has 1 fully saturated rings. The Morgan fingerprint density at radius 3 is 1.39 bits per heavy atom. The number of hydrogen-bond acceptors (Lipinski definition) is 2. The lowest BCUT2D eigenvalue weighted by atomic mass is 10.2. The maximum Gasteiger partial charge on any atom is 0.127 e. The molecular formula is C30H42N4O2+2. The molecule has 0 aliphatic carbocycles. The minimum atomic E-state index is -0.366. The minimum absolute atomic E-state index is 0.366. The lowest BCUT2D eigenvalue weighted by Crippen LogP contribution is -3.28. The number of rotatable bonds is 8. The van der Waals surface area contributed by atoms with Gasteiger partial charge in [0.2, 0.25) is 0 Å². The molecule has 5 rings (SSSR count). The molecule has 4 N–H and O–H groups in total. The summed E-state index contributed by atoms with van der Waals surface area (Å²) in [5.74, 6) is 0. The third kappa shape index (κ3) is 4.83. The van der Waals surface area contributed by atoms with Crippen molar-refractivity contribution in [1.29, 1.82) is 0 Å². The fourth-order valence-corrected chi connectivity index (χ4v) is 6.26. The van der Waals surface area contributed by atoms with Crippen LogP contribution in [0.5, 0.6) is 0 Å². The molecule has 1 aliphatic heterocycles. The van der Waals surface area contributed by atoms with Gasteiger partial charge in [0.25, 0.3) is 0 Å². The number of aromatic nitrogens is 2. The fraction of sp³-hybridized carbons (Fsp3) is 0.467. The highest BCUT2D eigenvalue weighted by atomic mass is 16.3. The van der Waals surface area contributed by atoms with Crippen LogP contribution in [-0.2, 0) is 13.1 Å². The number of para-hydroxylation sites is 2. The zero-order valence-electron chi connectivity index (χ0n) is 22.2. The van der Waals surface area contributed by atoms with E-state index in [1.165, 1.54) is 54.1 Å². The first kappa shape index (κ1) is 25.0. The standard InChI is InChI=1S/C30H40N4O2/c1-21-23(3)33(29-11-7-5-9-27(21)29)19-25(35)17-31-13-15-32(16-14-31)18-26(36)20-34-24(4)22(2)28-10-6-8-12-30(28)34/h5-12,25-26,35-36H,13-20H2,1-4H3/p+2/t25-,26-/m0/s1. The first-order valence-electron chi connectivity index (χ1n) is 13.5. The number of hydrogen-bond donors (Lipinski definition) is 4. The van der Waals surface area contributed by atoms with Crippen molar-refractivity contribution in [2.45, 2.75) is 53.0 Å². The minimum Gasteiger partial charge on any atom is -0.385 e. The molecule has 2 aromatic heterocycles. The van der Waals surface area contributed by atoms with Crippen LogP contribution in [0.3, 0.4) is 0 Å². The Hall–Kier alpha value is -2.64. The molecule has 2 atom stereocenters. The monoisotopic (exact) mass is 490 g/mol. The average molecular weight is 491 g/mol. The Morgan fingerprint density at radius 1 is 0.639 bits per heavy atom. The Balaban J connectivity index is 1.13. The molecule has 0 unspecified atom stereocenters. The number of fused-ring (bicyclic) bond motifs is 2. The van der Waals surface area contributed by atoms with Gasteiger partial charge in [0.15, 0.2) is 0 Å². The van der Waals surface area contributed by atoms with E-state index in [2.05, 4.69) is 85.4 Å². The Kier molecular flexibility index (Phi) is 7.22. The summed E-state index contributed by atoms with van der Waals surface area (Å²) < 4.78 is 4.56. The zero-order chi connectivity index (χ0) is 25.4. The molecule has 6 nitrogen and oxygen atoms in total. The normalized spacial score (nSPS) is 20.3. The van der Waals surface area contributed by atoms with Gasteiger partial charge in [-0.3, -0.25) is 0 Å². The molecule has 6 heteroatoms. The second-order valence-corrected chi connectivity index (χ2v) is 10.9. The number of piperazine rings is 1. The molecule has 0 amide bonds. The molecule has 1 saturated heterocycles. The lowest BCUT2D eigenvalue weighted by Gasteiger charge is -2.32. The van der Waals surface area contributed by atoms with E-state index in [0.29, 0.717) is 13.1 Å². The summed E-state index contributed by atoms with van der Waals surface area (Å²) >= 11 is 0. The first-order chi connectivity index (χ1) is 17.3. The van der Waals surface area contributed by atoms with E-state index < -0.39 is 0 Å². The second-order valence-electron chi connectivity index (χ2n) is 10.9. The summed E-state index contributed by atoms with van der Waals surface area (Å²) in [6, 6.07) is 17.0. The number of benzene rings is 2. The van der Waals surface area contributed by atoms with Crippen LogP contribution in [0.4, 0.5) is 0 Å². The quantitative estimate of drug-likeness (QED) is 0.298. The van der Waals surface area contributed by atoms with Crippen LogP contribution in [0.2, 0.25) is 0 Å². The van der Waals surface area contributed by atoms with Gasteiger partial charge in [0, 0.05) is 33.2 Å². The van der Waals surface area contributed by atoms with E-state index in [9.17, 15) is 10.2 Å². The van der Waals surface area contributed by atoms with Crippen LogP contribution in [0, 0.1) is 27.7 Å². The summed E-state index contributed by atoms with van der Waals surface area (Å²) in [7, 11) is 0. The Bertz CT molecular complexity index is 1240. The summed E-state index contributed by atoms with van der Waals surface area (Å²) in [4.78, 5) is 2.93. The Morgan fingerprint density at radius 2 is 1.00 bits per heavy atom. The van der Waals surface area contributed by atoms with E-state index in [4.69, 9.17) is 0 Å². The highest BCUT2D eigenvalue weighted by Gasteiger charge is 2.27. The van der Waals surface area contributed by atoms with Gasteiger partial charge in [-0.2, -0.15) is 0 Å². The highest BCUT2D eigenvalue weighted by Crippen LogP contribution is 2.26. The van der Waals surface area contributed by atoms with Crippen LogP contribution in [0.1, 0.15) is 22.5 Å². The average Bonchev–Trinajstić information content (AvgIpc) is 3.26. The molecular weight excluding hydrogens is 448 g/mol. The first-order valence-corrected chi connectivity index (χ1v) is 13.5. The molecule has 36 heavy (non-hydrogen) atoms. The van der Waals surface area contributed by atoms with E-state index in [0.717, 1.165) is 39.3 Å². The van der Waals surface area contributed by atoms with Crippen LogP contribution < -0.4 is 9.80 Å². The third-order valence-corrected chi connectivity index (χ3v) is 8.59. The zero-order valence-corrected chi connectivity index (χ0v) is 22.2. The van der Waals surface area contributed by atoms with Crippen molar-refractivity contribution >= 4 is 21.8 Å². The summed E-state index contributed by atoms with van der Waals surface area (Å²) in [6.45, 7) is 15.6. The van der Waals surface area contributed by atoms with Crippen molar-refractivity contribution in [3.8, 4) is 0 Å². The van der Waals surface area contributed by atoms with Crippen LogP contribution in [0.15, 0.2) is 48.5 Å². The van der Waals surface area contributed by atoms with E-state index in [1.54, 1.807) is 0 Å². The van der Waals surface area contributed by atoms with Crippen molar-refractivity contribution in [1.82, 2.24) is 9.13 Å². The van der Waals surface area contributed by atoms with Gasteiger partial charge in [0.1, 0.15) is 51.5 Å². The van der Waals surface area contributed by atoms with E-state index in [-0.39, 0.29) is 12.2 Å². The molecule has 0 bridgehead atoms. The number of quaternary nitrogens is 2.